The molecule has 0 aliphatic rings. The summed E-state index contributed by atoms with van der Waals surface area (Å²) in [5.41, 5.74) is 1.78. The highest BCUT2D eigenvalue weighted by Crippen LogP contribution is 2.25. The molecule has 3 aromatic carbocycles. The van der Waals surface area contributed by atoms with Crippen LogP contribution in [0, 0.1) is 0 Å². The first-order chi connectivity index (χ1) is 14.8. The molecule has 0 aliphatic heterocycles. The SMILES string of the molecule is O=C(NCCSCc1ccc(Cl)cc1)c1ccc(Cl)c(S(=O)(=O)Nc2ccccc2)c1. The molecular weight excluding hydrogens is 475 g/mol. The Bertz CT molecular complexity index is 1140. The molecule has 0 atom stereocenters. The molecule has 0 saturated heterocycles. The van der Waals surface area contributed by atoms with Crippen molar-refractivity contribution in [3.05, 3.63) is 94.0 Å². The minimum atomic E-state index is -3.94. The minimum absolute atomic E-state index is 0.0403. The Balaban J connectivity index is 1.57. The first-order valence-corrected chi connectivity index (χ1v) is 12.7. The van der Waals surface area contributed by atoms with Gasteiger partial charge in [-0.3, -0.25) is 9.52 Å². The molecule has 0 spiro atoms. The highest BCUT2D eigenvalue weighted by Gasteiger charge is 2.20. The van der Waals surface area contributed by atoms with E-state index in [9.17, 15) is 13.2 Å². The van der Waals surface area contributed by atoms with E-state index in [0.717, 1.165) is 11.3 Å². The number of sulfonamides is 1. The summed E-state index contributed by atoms with van der Waals surface area (Å²) in [6.07, 6.45) is 0. The predicted octanol–water partition coefficient (Wildman–Crippen LogP) is 5.46. The molecule has 9 heteroatoms. The van der Waals surface area contributed by atoms with Crippen molar-refractivity contribution >= 4 is 56.6 Å². The Labute approximate surface area is 196 Å². The van der Waals surface area contributed by atoms with Crippen LogP contribution in [-0.2, 0) is 15.8 Å². The number of anilines is 1. The number of carbonyl (C=O) groups excluding carboxylic acids is 1. The topological polar surface area (TPSA) is 75.3 Å². The molecule has 0 saturated carbocycles. The molecule has 0 fully saturated rings. The number of hydrogen-bond donors (Lipinski definition) is 2. The standard InChI is InChI=1S/C22H20Cl2N2O3S2/c23-18-9-6-16(7-10-18)15-30-13-12-25-22(27)17-8-11-20(24)21(14-17)31(28,29)26-19-4-2-1-3-5-19/h1-11,14,26H,12-13,15H2,(H,25,27). The van der Waals surface area contributed by atoms with Gasteiger partial charge in [-0.2, -0.15) is 11.8 Å². The highest BCUT2D eigenvalue weighted by atomic mass is 35.5. The lowest BCUT2D eigenvalue weighted by atomic mass is 10.2. The minimum Gasteiger partial charge on any atom is -0.351 e. The first-order valence-electron chi connectivity index (χ1n) is 9.33. The monoisotopic (exact) mass is 494 g/mol. The van der Waals surface area contributed by atoms with E-state index in [4.69, 9.17) is 23.2 Å². The van der Waals surface area contributed by atoms with Gasteiger partial charge in [0.15, 0.2) is 0 Å². The van der Waals surface area contributed by atoms with E-state index in [0.29, 0.717) is 23.0 Å². The second-order valence-corrected chi connectivity index (χ2v) is 10.2. The summed E-state index contributed by atoms with van der Waals surface area (Å²) in [7, 11) is -3.94. The van der Waals surface area contributed by atoms with Gasteiger partial charge in [0.2, 0.25) is 0 Å². The van der Waals surface area contributed by atoms with Crippen molar-refractivity contribution in [2.24, 2.45) is 0 Å². The molecule has 0 bridgehead atoms. The van der Waals surface area contributed by atoms with Crippen LogP contribution in [-0.4, -0.2) is 26.6 Å². The molecule has 0 aromatic heterocycles. The van der Waals surface area contributed by atoms with Crippen molar-refractivity contribution in [1.29, 1.82) is 0 Å². The van der Waals surface area contributed by atoms with Gasteiger partial charge in [0.1, 0.15) is 4.90 Å². The molecule has 3 aromatic rings. The van der Waals surface area contributed by atoms with Crippen LogP contribution >= 0.6 is 35.0 Å². The van der Waals surface area contributed by atoms with E-state index in [1.54, 1.807) is 42.1 Å². The van der Waals surface area contributed by atoms with Gasteiger partial charge < -0.3 is 5.32 Å². The third-order valence-electron chi connectivity index (χ3n) is 4.22. The zero-order chi connectivity index (χ0) is 22.3. The Kier molecular flexibility index (Phi) is 8.26. The number of amides is 1. The average Bonchev–Trinajstić information content (AvgIpc) is 2.75. The van der Waals surface area contributed by atoms with Crippen LogP contribution < -0.4 is 10.0 Å². The van der Waals surface area contributed by atoms with Gasteiger partial charge in [-0.15, -0.1) is 0 Å². The number of para-hydroxylation sites is 1. The maximum Gasteiger partial charge on any atom is 0.263 e. The van der Waals surface area contributed by atoms with Crippen molar-refractivity contribution < 1.29 is 13.2 Å². The second-order valence-electron chi connectivity index (χ2n) is 6.55. The van der Waals surface area contributed by atoms with Crippen LogP contribution in [0.3, 0.4) is 0 Å². The third-order valence-corrected chi connectivity index (χ3v) is 7.37. The lowest BCUT2D eigenvalue weighted by Crippen LogP contribution is -2.26. The molecular formula is C22H20Cl2N2O3S2. The van der Waals surface area contributed by atoms with Gasteiger partial charge in [0, 0.05) is 34.3 Å². The maximum absolute atomic E-state index is 12.7. The van der Waals surface area contributed by atoms with E-state index in [2.05, 4.69) is 10.0 Å². The van der Waals surface area contributed by atoms with Crippen LogP contribution in [0.15, 0.2) is 77.7 Å². The summed E-state index contributed by atoms with van der Waals surface area (Å²) in [6.45, 7) is 0.448. The number of carbonyl (C=O) groups is 1. The number of thioether (sulfide) groups is 1. The fourth-order valence-electron chi connectivity index (χ4n) is 2.68. The first kappa shape index (κ1) is 23.5. The van der Waals surface area contributed by atoms with Crippen molar-refractivity contribution in [2.45, 2.75) is 10.6 Å². The summed E-state index contributed by atoms with van der Waals surface area (Å²) >= 11 is 13.7. The lowest BCUT2D eigenvalue weighted by molar-refractivity contribution is 0.0956. The van der Waals surface area contributed by atoms with E-state index < -0.39 is 10.0 Å². The lowest BCUT2D eigenvalue weighted by Gasteiger charge is -2.11. The smallest absolute Gasteiger partial charge is 0.263 e. The molecule has 0 unspecified atom stereocenters. The van der Waals surface area contributed by atoms with Crippen molar-refractivity contribution in [2.75, 3.05) is 17.0 Å². The predicted molar refractivity (Wildman–Crippen MR) is 129 cm³/mol. The molecule has 3 rings (SSSR count). The van der Waals surface area contributed by atoms with Gasteiger partial charge in [0.05, 0.1) is 5.02 Å². The number of rotatable bonds is 9. The van der Waals surface area contributed by atoms with Crippen LogP contribution in [0.4, 0.5) is 5.69 Å². The molecule has 0 radical (unpaired) electrons. The Morgan fingerprint density at radius 1 is 0.935 bits per heavy atom. The largest absolute Gasteiger partial charge is 0.351 e. The Morgan fingerprint density at radius 3 is 2.35 bits per heavy atom. The number of hydrogen-bond acceptors (Lipinski definition) is 4. The van der Waals surface area contributed by atoms with Gasteiger partial charge in [0.25, 0.3) is 15.9 Å². The Morgan fingerprint density at radius 2 is 1.65 bits per heavy atom. The molecule has 1 amide bonds. The van der Waals surface area contributed by atoms with E-state index in [1.807, 2.05) is 24.3 Å². The molecule has 31 heavy (non-hydrogen) atoms. The third kappa shape index (κ3) is 6.90. The van der Waals surface area contributed by atoms with Gasteiger partial charge in [-0.05, 0) is 48.0 Å². The number of nitrogens with one attached hydrogen (secondary N) is 2. The van der Waals surface area contributed by atoms with Crippen molar-refractivity contribution in [3.8, 4) is 0 Å². The average molecular weight is 495 g/mol. The zero-order valence-electron chi connectivity index (χ0n) is 16.3. The maximum atomic E-state index is 12.7. The molecule has 0 aliphatic carbocycles. The van der Waals surface area contributed by atoms with Crippen LogP contribution in [0.2, 0.25) is 10.0 Å². The summed E-state index contributed by atoms with van der Waals surface area (Å²) in [6, 6.07) is 20.3. The van der Waals surface area contributed by atoms with E-state index in [-0.39, 0.29) is 21.4 Å². The van der Waals surface area contributed by atoms with E-state index in [1.165, 1.54) is 18.2 Å². The van der Waals surface area contributed by atoms with Crippen LogP contribution in [0.1, 0.15) is 15.9 Å². The second kappa shape index (κ2) is 10.9. The summed E-state index contributed by atoms with van der Waals surface area (Å²) in [5.74, 6) is 1.16. The molecule has 0 heterocycles. The van der Waals surface area contributed by atoms with E-state index >= 15 is 0 Å². The van der Waals surface area contributed by atoms with Gasteiger partial charge in [-0.1, -0.05) is 53.5 Å². The van der Waals surface area contributed by atoms with Crippen LogP contribution in [0.25, 0.3) is 0 Å². The summed E-state index contributed by atoms with van der Waals surface area (Å²) in [4.78, 5) is 12.3. The van der Waals surface area contributed by atoms with Crippen molar-refractivity contribution in [3.63, 3.8) is 0 Å². The van der Waals surface area contributed by atoms with Crippen LogP contribution in [0.5, 0.6) is 0 Å². The molecule has 2 N–H and O–H groups in total. The van der Waals surface area contributed by atoms with Gasteiger partial charge >= 0.3 is 0 Å². The zero-order valence-corrected chi connectivity index (χ0v) is 19.5. The molecule has 5 nitrogen and oxygen atoms in total. The Hall–Kier alpha value is -2.19. The summed E-state index contributed by atoms with van der Waals surface area (Å²) < 4.78 is 27.9. The number of benzene rings is 3. The highest BCUT2D eigenvalue weighted by molar-refractivity contribution is 7.98. The summed E-state index contributed by atoms with van der Waals surface area (Å²) in [5, 5.41) is 3.54. The normalized spacial score (nSPS) is 11.2. The molecule has 162 valence electrons. The van der Waals surface area contributed by atoms with Gasteiger partial charge in [-0.25, -0.2) is 8.42 Å². The number of halogens is 2. The fraction of sp³-hybridized carbons (Fsp3) is 0.136. The fourth-order valence-corrected chi connectivity index (χ4v) is 5.21. The van der Waals surface area contributed by atoms with Crippen molar-refractivity contribution in [1.82, 2.24) is 5.32 Å². The quantitative estimate of drug-likeness (QED) is 0.387.